The predicted octanol–water partition coefficient (Wildman–Crippen LogP) is 5.33. The number of hydrogen-bond acceptors (Lipinski definition) is 3. The van der Waals surface area contributed by atoms with E-state index in [2.05, 4.69) is 4.98 Å². The van der Waals surface area contributed by atoms with E-state index in [9.17, 15) is 4.39 Å². The van der Waals surface area contributed by atoms with E-state index >= 15 is 0 Å². The van der Waals surface area contributed by atoms with Crippen molar-refractivity contribution in [3.05, 3.63) is 95.3 Å². The van der Waals surface area contributed by atoms with E-state index in [4.69, 9.17) is 21.3 Å². The maximum atomic E-state index is 13.6. The van der Waals surface area contributed by atoms with Gasteiger partial charge in [-0.3, -0.25) is 4.98 Å². The average Bonchev–Trinajstić information content (AvgIpc) is 3.14. The summed E-state index contributed by atoms with van der Waals surface area (Å²) in [6, 6.07) is 17.7. The third-order valence-corrected chi connectivity index (χ3v) is 4.66. The minimum atomic E-state index is -0.337. The zero-order valence-electron chi connectivity index (χ0n) is 15.1. The number of benzene rings is 2. The van der Waals surface area contributed by atoms with Crippen LogP contribution in [-0.2, 0) is 6.42 Å². The summed E-state index contributed by atoms with van der Waals surface area (Å²) in [7, 11) is 1.53. The highest BCUT2D eigenvalue weighted by atomic mass is 35.5. The topological polar surface area (TPSA) is 39.9 Å². The Morgan fingerprint density at radius 3 is 2.57 bits per heavy atom. The molecule has 0 saturated heterocycles. The molecule has 0 aliphatic rings. The second-order valence-electron chi connectivity index (χ2n) is 6.24. The number of rotatable bonds is 5. The number of methoxy groups -OCH3 is 1. The molecule has 6 heteroatoms. The Bertz CT molecular complexity index is 1090. The summed E-state index contributed by atoms with van der Waals surface area (Å²) in [5, 5.41) is 0.663. The van der Waals surface area contributed by atoms with Crippen LogP contribution in [0, 0.1) is 5.82 Å². The first-order valence-electron chi connectivity index (χ1n) is 8.72. The second kappa shape index (κ2) is 7.82. The van der Waals surface area contributed by atoms with Crippen LogP contribution in [0.4, 0.5) is 4.39 Å². The second-order valence-corrected chi connectivity index (χ2v) is 6.67. The van der Waals surface area contributed by atoms with Gasteiger partial charge >= 0.3 is 0 Å². The molecule has 0 aliphatic carbocycles. The Hall–Kier alpha value is -3.18. The minimum Gasteiger partial charge on any atom is -0.496 e. The van der Waals surface area contributed by atoms with Gasteiger partial charge in [0.25, 0.3) is 0 Å². The fraction of sp³-hybridized carbons (Fsp3) is 0.0909. The molecule has 0 N–H and O–H groups in total. The van der Waals surface area contributed by atoms with Crippen molar-refractivity contribution in [1.82, 2.24) is 14.5 Å². The van der Waals surface area contributed by atoms with Crippen LogP contribution >= 0.6 is 11.6 Å². The molecular formula is C22H17ClFN3O. The molecule has 0 aliphatic heterocycles. The molecule has 4 nitrogen and oxygen atoms in total. The van der Waals surface area contributed by atoms with Gasteiger partial charge in [-0.15, -0.1) is 0 Å². The molecule has 0 unspecified atom stereocenters. The van der Waals surface area contributed by atoms with Gasteiger partial charge in [0.1, 0.15) is 23.1 Å². The molecule has 0 spiro atoms. The van der Waals surface area contributed by atoms with Crippen molar-refractivity contribution in [2.75, 3.05) is 7.11 Å². The standard InChI is InChI=1S/C22H17ClFN3O/c1-28-21-13-17(24)8-5-15(21)12-22-26-20(19-4-2-3-11-25-19)14-27(22)18-9-6-16(23)7-10-18/h2-11,13-14H,12H2,1H3. The molecule has 4 rings (SSSR count). The van der Waals surface area contributed by atoms with Crippen molar-refractivity contribution in [3.8, 4) is 22.8 Å². The molecule has 0 fully saturated rings. The molecular weight excluding hydrogens is 377 g/mol. The Morgan fingerprint density at radius 1 is 1.04 bits per heavy atom. The third-order valence-electron chi connectivity index (χ3n) is 4.41. The maximum Gasteiger partial charge on any atom is 0.126 e. The molecule has 0 amide bonds. The molecule has 0 radical (unpaired) electrons. The summed E-state index contributed by atoms with van der Waals surface area (Å²) in [6.07, 6.45) is 4.15. The van der Waals surface area contributed by atoms with Crippen molar-refractivity contribution >= 4 is 11.6 Å². The molecule has 28 heavy (non-hydrogen) atoms. The molecule has 4 aromatic rings. The summed E-state index contributed by atoms with van der Waals surface area (Å²) in [4.78, 5) is 9.18. The molecule has 0 saturated carbocycles. The van der Waals surface area contributed by atoms with Crippen LogP contribution < -0.4 is 4.74 Å². The number of aromatic nitrogens is 3. The largest absolute Gasteiger partial charge is 0.496 e. The molecule has 2 aromatic heterocycles. The van der Waals surface area contributed by atoms with Crippen molar-refractivity contribution in [2.24, 2.45) is 0 Å². The molecule has 0 atom stereocenters. The van der Waals surface area contributed by atoms with Crippen LogP contribution in [0.15, 0.2) is 73.1 Å². The third kappa shape index (κ3) is 3.75. The first-order valence-corrected chi connectivity index (χ1v) is 9.10. The Labute approximate surface area is 167 Å². The SMILES string of the molecule is COc1cc(F)ccc1Cc1nc(-c2ccccn2)cn1-c1ccc(Cl)cc1. The summed E-state index contributed by atoms with van der Waals surface area (Å²) in [5.74, 6) is 0.939. The summed E-state index contributed by atoms with van der Waals surface area (Å²) in [5.41, 5.74) is 3.31. The normalized spacial score (nSPS) is 10.8. The van der Waals surface area contributed by atoms with Gasteiger partial charge in [0, 0.05) is 41.2 Å². The highest BCUT2D eigenvalue weighted by Gasteiger charge is 2.15. The predicted molar refractivity (Wildman–Crippen MR) is 108 cm³/mol. The van der Waals surface area contributed by atoms with E-state index in [-0.39, 0.29) is 5.82 Å². The van der Waals surface area contributed by atoms with Crippen LogP contribution in [-0.4, -0.2) is 21.6 Å². The van der Waals surface area contributed by atoms with Gasteiger partial charge < -0.3 is 9.30 Å². The first-order chi connectivity index (χ1) is 13.6. The van der Waals surface area contributed by atoms with Crippen LogP contribution in [0.1, 0.15) is 11.4 Å². The van der Waals surface area contributed by atoms with Crippen LogP contribution in [0.25, 0.3) is 17.1 Å². The van der Waals surface area contributed by atoms with E-state index in [1.807, 2.05) is 53.2 Å². The highest BCUT2D eigenvalue weighted by molar-refractivity contribution is 6.30. The van der Waals surface area contributed by atoms with Crippen molar-refractivity contribution < 1.29 is 9.13 Å². The first kappa shape index (κ1) is 18.2. The lowest BCUT2D eigenvalue weighted by molar-refractivity contribution is 0.406. The van der Waals surface area contributed by atoms with E-state index in [0.717, 1.165) is 28.5 Å². The molecule has 2 aromatic carbocycles. The van der Waals surface area contributed by atoms with E-state index < -0.39 is 0 Å². The number of imidazole rings is 1. The van der Waals surface area contributed by atoms with Crippen molar-refractivity contribution in [3.63, 3.8) is 0 Å². The number of halogens is 2. The molecule has 0 bridgehead atoms. The van der Waals surface area contributed by atoms with Gasteiger partial charge in [0.15, 0.2) is 0 Å². The summed E-state index contributed by atoms with van der Waals surface area (Å²) < 4.78 is 20.9. The lowest BCUT2D eigenvalue weighted by atomic mass is 10.1. The number of pyridine rings is 1. The van der Waals surface area contributed by atoms with E-state index in [1.54, 1.807) is 12.3 Å². The number of hydrogen-bond donors (Lipinski definition) is 0. The van der Waals surface area contributed by atoms with Gasteiger partial charge in [-0.1, -0.05) is 23.7 Å². The van der Waals surface area contributed by atoms with Gasteiger partial charge in [-0.2, -0.15) is 0 Å². The lowest BCUT2D eigenvalue weighted by Crippen LogP contribution is -2.03. The highest BCUT2D eigenvalue weighted by Crippen LogP contribution is 2.26. The zero-order chi connectivity index (χ0) is 19.5. The Kier molecular flexibility index (Phi) is 5.08. The van der Waals surface area contributed by atoms with Crippen LogP contribution in [0.2, 0.25) is 5.02 Å². The molecule has 2 heterocycles. The van der Waals surface area contributed by atoms with Gasteiger partial charge in [0.05, 0.1) is 12.8 Å². The minimum absolute atomic E-state index is 0.337. The summed E-state index contributed by atoms with van der Waals surface area (Å²) >= 11 is 6.04. The molecule has 140 valence electrons. The fourth-order valence-corrected chi connectivity index (χ4v) is 3.17. The monoisotopic (exact) mass is 393 g/mol. The summed E-state index contributed by atoms with van der Waals surface area (Å²) in [6.45, 7) is 0. The fourth-order valence-electron chi connectivity index (χ4n) is 3.04. The number of ether oxygens (including phenoxy) is 1. The lowest BCUT2D eigenvalue weighted by Gasteiger charge is -2.11. The maximum absolute atomic E-state index is 13.6. The zero-order valence-corrected chi connectivity index (χ0v) is 15.9. The van der Waals surface area contributed by atoms with Crippen molar-refractivity contribution in [2.45, 2.75) is 6.42 Å². The Morgan fingerprint density at radius 2 is 1.86 bits per heavy atom. The smallest absolute Gasteiger partial charge is 0.126 e. The average molecular weight is 394 g/mol. The quantitative estimate of drug-likeness (QED) is 0.460. The van der Waals surface area contributed by atoms with E-state index in [0.29, 0.717) is 17.2 Å². The van der Waals surface area contributed by atoms with Gasteiger partial charge in [-0.25, -0.2) is 9.37 Å². The Balaban J connectivity index is 1.81. The van der Waals surface area contributed by atoms with E-state index in [1.165, 1.54) is 19.2 Å². The van der Waals surface area contributed by atoms with Crippen LogP contribution in [0.5, 0.6) is 5.75 Å². The number of nitrogens with zero attached hydrogens (tertiary/aromatic N) is 3. The van der Waals surface area contributed by atoms with Gasteiger partial charge in [0.2, 0.25) is 0 Å². The van der Waals surface area contributed by atoms with Crippen molar-refractivity contribution in [1.29, 1.82) is 0 Å². The van der Waals surface area contributed by atoms with Crippen LogP contribution in [0.3, 0.4) is 0 Å². The van der Waals surface area contributed by atoms with Gasteiger partial charge in [-0.05, 0) is 42.5 Å².